The Morgan fingerprint density at radius 2 is 1.73 bits per heavy atom. The molecule has 0 atom stereocenters. The van der Waals surface area contributed by atoms with E-state index in [2.05, 4.69) is 0 Å². The largest absolute Gasteiger partial charge is 0.508 e. The van der Waals surface area contributed by atoms with Gasteiger partial charge in [0.1, 0.15) is 11.5 Å². The molecule has 0 saturated carbocycles. The van der Waals surface area contributed by atoms with Crippen LogP contribution in [-0.4, -0.2) is 10.2 Å². The summed E-state index contributed by atoms with van der Waals surface area (Å²) in [5.74, 6) is 0.516. The van der Waals surface area contributed by atoms with E-state index in [4.69, 9.17) is 0 Å². The summed E-state index contributed by atoms with van der Waals surface area (Å²) in [5.41, 5.74) is 1.59. The highest BCUT2D eigenvalue weighted by molar-refractivity contribution is 5.46. The van der Waals surface area contributed by atoms with Crippen LogP contribution in [0.2, 0.25) is 0 Å². The van der Waals surface area contributed by atoms with Gasteiger partial charge in [-0.1, -0.05) is 6.92 Å². The maximum absolute atomic E-state index is 9.30. The summed E-state index contributed by atoms with van der Waals surface area (Å²) >= 11 is 0. The quantitative estimate of drug-likeness (QED) is 0.604. The zero-order chi connectivity index (χ0) is 8.43. The molecule has 0 amide bonds. The molecule has 1 rings (SSSR count). The molecule has 0 bridgehead atoms. The van der Waals surface area contributed by atoms with Crippen molar-refractivity contribution in [2.24, 2.45) is 0 Å². The summed E-state index contributed by atoms with van der Waals surface area (Å²) < 4.78 is 0. The molecule has 2 N–H and O–H groups in total. The highest BCUT2D eigenvalue weighted by Gasteiger charge is 2.05. The van der Waals surface area contributed by atoms with Crippen LogP contribution in [0.5, 0.6) is 11.5 Å². The van der Waals surface area contributed by atoms with Gasteiger partial charge in [0.05, 0.1) is 0 Å². The zero-order valence-corrected chi connectivity index (χ0v) is 6.76. The van der Waals surface area contributed by atoms with Gasteiger partial charge in [0.25, 0.3) is 0 Å². The molecule has 0 spiro atoms. The third kappa shape index (κ3) is 1.29. The molecule has 60 valence electrons. The van der Waals surface area contributed by atoms with E-state index in [9.17, 15) is 10.2 Å². The van der Waals surface area contributed by atoms with E-state index in [0.29, 0.717) is 0 Å². The average Bonchev–Trinajstić information content (AvgIpc) is 1.99. The Morgan fingerprint density at radius 1 is 1.18 bits per heavy atom. The topological polar surface area (TPSA) is 40.5 Å². The van der Waals surface area contributed by atoms with Crippen LogP contribution in [0.3, 0.4) is 0 Å². The van der Waals surface area contributed by atoms with Crippen LogP contribution < -0.4 is 0 Å². The highest BCUT2D eigenvalue weighted by Crippen LogP contribution is 2.27. The third-order valence-electron chi connectivity index (χ3n) is 1.90. The third-order valence-corrected chi connectivity index (χ3v) is 1.90. The van der Waals surface area contributed by atoms with Crippen LogP contribution in [0.4, 0.5) is 0 Å². The minimum atomic E-state index is 0.250. The van der Waals surface area contributed by atoms with E-state index >= 15 is 0 Å². The lowest BCUT2D eigenvalue weighted by Crippen LogP contribution is -1.87. The van der Waals surface area contributed by atoms with Crippen molar-refractivity contribution in [3.8, 4) is 11.5 Å². The minimum absolute atomic E-state index is 0.250. The predicted molar refractivity (Wildman–Crippen MR) is 43.9 cm³/mol. The van der Waals surface area contributed by atoms with Crippen molar-refractivity contribution in [2.75, 3.05) is 0 Å². The number of hydrogen-bond acceptors (Lipinski definition) is 2. The second-order valence-electron chi connectivity index (χ2n) is 2.56. The molecule has 0 saturated heterocycles. The first-order valence-electron chi connectivity index (χ1n) is 3.67. The molecule has 0 fully saturated rings. The Kier molecular flexibility index (Phi) is 2.03. The van der Waals surface area contributed by atoms with Crippen LogP contribution in [0.1, 0.15) is 18.1 Å². The van der Waals surface area contributed by atoms with Crippen LogP contribution >= 0.6 is 0 Å². The molecular weight excluding hydrogens is 140 g/mol. The monoisotopic (exact) mass is 152 g/mol. The fraction of sp³-hybridized carbons (Fsp3) is 0.333. The van der Waals surface area contributed by atoms with Gasteiger partial charge in [-0.25, -0.2) is 0 Å². The first kappa shape index (κ1) is 7.92. The molecule has 11 heavy (non-hydrogen) atoms. The van der Waals surface area contributed by atoms with Gasteiger partial charge >= 0.3 is 0 Å². The Morgan fingerprint density at radius 3 is 2.18 bits per heavy atom. The normalized spacial score (nSPS) is 10.0. The van der Waals surface area contributed by atoms with E-state index in [-0.39, 0.29) is 11.5 Å². The van der Waals surface area contributed by atoms with Gasteiger partial charge in [0.15, 0.2) is 0 Å². The summed E-state index contributed by atoms with van der Waals surface area (Å²) in [6.45, 7) is 3.75. The van der Waals surface area contributed by atoms with Crippen LogP contribution in [0.25, 0.3) is 0 Å². The second kappa shape index (κ2) is 2.82. The Hall–Kier alpha value is -1.18. The Balaban J connectivity index is 3.29. The van der Waals surface area contributed by atoms with Crippen molar-refractivity contribution in [1.82, 2.24) is 0 Å². The van der Waals surface area contributed by atoms with E-state index in [0.717, 1.165) is 17.5 Å². The molecule has 1 aromatic rings. The number of rotatable bonds is 1. The smallest absolute Gasteiger partial charge is 0.119 e. The molecule has 1 aromatic carbocycles. The molecular formula is C9H12O2. The molecule has 2 nitrogen and oxygen atoms in total. The molecule has 0 aliphatic rings. The maximum Gasteiger partial charge on any atom is 0.119 e. The predicted octanol–water partition coefficient (Wildman–Crippen LogP) is 1.97. The summed E-state index contributed by atoms with van der Waals surface area (Å²) in [6, 6.07) is 3.02. The summed E-state index contributed by atoms with van der Waals surface area (Å²) in [5, 5.41) is 18.5. The van der Waals surface area contributed by atoms with Crippen molar-refractivity contribution >= 4 is 0 Å². The van der Waals surface area contributed by atoms with Crippen molar-refractivity contribution in [3.05, 3.63) is 23.3 Å². The molecule has 2 heteroatoms. The SMILES string of the molecule is CCc1c(O)ccc(O)c1C. The standard InChI is InChI=1S/C9H12O2/c1-3-7-6(2)8(10)4-5-9(7)11/h4-5,10-11H,3H2,1-2H3. The molecule has 0 aliphatic heterocycles. The summed E-state index contributed by atoms with van der Waals surface area (Å²) in [6.07, 6.45) is 0.742. The van der Waals surface area contributed by atoms with Crippen LogP contribution in [0.15, 0.2) is 12.1 Å². The van der Waals surface area contributed by atoms with Crippen molar-refractivity contribution in [1.29, 1.82) is 0 Å². The van der Waals surface area contributed by atoms with Gasteiger partial charge in [-0.15, -0.1) is 0 Å². The fourth-order valence-corrected chi connectivity index (χ4v) is 1.18. The molecule has 0 heterocycles. The van der Waals surface area contributed by atoms with Crippen LogP contribution in [-0.2, 0) is 6.42 Å². The maximum atomic E-state index is 9.30. The first-order valence-corrected chi connectivity index (χ1v) is 3.67. The lowest BCUT2D eigenvalue weighted by Gasteiger charge is -2.06. The van der Waals surface area contributed by atoms with Crippen molar-refractivity contribution in [3.63, 3.8) is 0 Å². The van der Waals surface area contributed by atoms with Crippen molar-refractivity contribution < 1.29 is 10.2 Å². The number of hydrogen-bond donors (Lipinski definition) is 2. The van der Waals surface area contributed by atoms with Gasteiger partial charge in [0.2, 0.25) is 0 Å². The van der Waals surface area contributed by atoms with E-state index < -0.39 is 0 Å². The Labute approximate surface area is 66.1 Å². The summed E-state index contributed by atoms with van der Waals surface area (Å²) in [7, 11) is 0. The van der Waals surface area contributed by atoms with Gasteiger partial charge in [-0.2, -0.15) is 0 Å². The van der Waals surface area contributed by atoms with E-state index in [1.54, 1.807) is 6.92 Å². The molecule has 0 unspecified atom stereocenters. The van der Waals surface area contributed by atoms with Crippen LogP contribution in [0, 0.1) is 6.92 Å². The molecule has 0 aliphatic carbocycles. The van der Waals surface area contributed by atoms with Gasteiger partial charge in [-0.05, 0) is 31.0 Å². The van der Waals surface area contributed by atoms with Gasteiger partial charge in [-0.3, -0.25) is 0 Å². The summed E-state index contributed by atoms with van der Waals surface area (Å²) in [4.78, 5) is 0. The molecule has 0 radical (unpaired) electrons. The lowest BCUT2D eigenvalue weighted by atomic mass is 10.0. The fourth-order valence-electron chi connectivity index (χ4n) is 1.18. The number of benzene rings is 1. The Bertz CT molecular complexity index is 267. The molecule has 0 aromatic heterocycles. The minimum Gasteiger partial charge on any atom is -0.508 e. The highest BCUT2D eigenvalue weighted by atomic mass is 16.3. The lowest BCUT2D eigenvalue weighted by molar-refractivity contribution is 0.451. The number of aromatic hydroxyl groups is 2. The average molecular weight is 152 g/mol. The number of phenols is 2. The van der Waals surface area contributed by atoms with Gasteiger partial charge in [0, 0.05) is 5.56 Å². The first-order chi connectivity index (χ1) is 5.16. The van der Waals surface area contributed by atoms with Crippen molar-refractivity contribution in [2.45, 2.75) is 20.3 Å². The van der Waals surface area contributed by atoms with E-state index in [1.807, 2.05) is 6.92 Å². The zero-order valence-electron chi connectivity index (χ0n) is 6.76. The second-order valence-corrected chi connectivity index (χ2v) is 2.56. The van der Waals surface area contributed by atoms with Gasteiger partial charge < -0.3 is 10.2 Å². The van der Waals surface area contributed by atoms with E-state index in [1.165, 1.54) is 12.1 Å². The number of phenolic OH excluding ortho intramolecular Hbond substituents is 2.